The fourth-order valence-corrected chi connectivity index (χ4v) is 1.74. The van der Waals surface area contributed by atoms with E-state index >= 15 is 0 Å². The van der Waals surface area contributed by atoms with Gasteiger partial charge in [-0.25, -0.2) is 4.79 Å². The Kier molecular flexibility index (Phi) is 7.25. The van der Waals surface area contributed by atoms with Gasteiger partial charge in [-0.1, -0.05) is 30.3 Å². The first-order valence-corrected chi connectivity index (χ1v) is 6.95. The maximum atomic E-state index is 11.7. The molecule has 0 aliphatic heterocycles. The molecule has 0 heterocycles. The molecule has 124 valence electrons. The van der Waals surface area contributed by atoms with Gasteiger partial charge in [-0.2, -0.15) is 0 Å². The second-order valence-electron chi connectivity index (χ2n) is 4.83. The van der Waals surface area contributed by atoms with E-state index in [1.807, 2.05) is 6.07 Å². The van der Waals surface area contributed by atoms with Crippen LogP contribution < -0.4 is 16.0 Å². The molecule has 0 aromatic heterocycles. The average Bonchev–Trinajstić information content (AvgIpc) is 2.51. The summed E-state index contributed by atoms with van der Waals surface area (Å²) in [4.78, 5) is 44.9. The molecule has 1 atom stereocenters. The molecule has 1 rings (SSSR count). The molecule has 8 nitrogen and oxygen atoms in total. The van der Waals surface area contributed by atoms with Gasteiger partial charge in [0.2, 0.25) is 17.7 Å². The first-order chi connectivity index (χ1) is 10.9. The number of rotatable bonds is 8. The molecule has 0 aliphatic rings. The van der Waals surface area contributed by atoms with Crippen LogP contribution in [-0.2, 0) is 25.6 Å². The van der Waals surface area contributed by atoms with Crippen molar-refractivity contribution >= 4 is 23.7 Å². The topological polar surface area (TPSA) is 125 Å². The van der Waals surface area contributed by atoms with Crippen LogP contribution >= 0.6 is 0 Å². The van der Waals surface area contributed by atoms with Crippen LogP contribution in [0.25, 0.3) is 0 Å². The van der Waals surface area contributed by atoms with E-state index in [2.05, 4.69) is 16.0 Å². The van der Waals surface area contributed by atoms with E-state index < -0.39 is 23.8 Å². The predicted octanol–water partition coefficient (Wildman–Crippen LogP) is -0.949. The molecule has 0 bridgehead atoms. The Morgan fingerprint density at radius 3 is 2.17 bits per heavy atom. The van der Waals surface area contributed by atoms with E-state index in [9.17, 15) is 19.2 Å². The van der Waals surface area contributed by atoms with Gasteiger partial charge in [0.05, 0.1) is 13.1 Å². The second-order valence-corrected chi connectivity index (χ2v) is 4.83. The highest BCUT2D eigenvalue weighted by molar-refractivity contribution is 5.89. The zero-order valence-electron chi connectivity index (χ0n) is 12.7. The van der Waals surface area contributed by atoms with Gasteiger partial charge in [0.25, 0.3) is 0 Å². The monoisotopic (exact) mass is 321 g/mol. The van der Waals surface area contributed by atoms with Crippen molar-refractivity contribution in [1.82, 2.24) is 16.0 Å². The highest BCUT2D eigenvalue weighted by atomic mass is 16.4. The molecular weight excluding hydrogens is 302 g/mol. The minimum atomic E-state index is -1.16. The quantitative estimate of drug-likeness (QED) is 0.491. The Labute approximate surface area is 133 Å². The lowest BCUT2D eigenvalue weighted by atomic mass is 10.1. The number of hydrogen-bond donors (Lipinski definition) is 4. The van der Waals surface area contributed by atoms with Gasteiger partial charge in [-0.3, -0.25) is 14.4 Å². The lowest BCUT2D eigenvalue weighted by molar-refractivity contribution is -0.141. The van der Waals surface area contributed by atoms with E-state index in [0.29, 0.717) is 0 Å². The van der Waals surface area contributed by atoms with Gasteiger partial charge in [0.1, 0.15) is 6.04 Å². The Bertz CT molecular complexity index is 574. The smallest absolute Gasteiger partial charge is 0.326 e. The fourth-order valence-electron chi connectivity index (χ4n) is 1.74. The molecule has 8 heteroatoms. The lowest BCUT2D eigenvalue weighted by Gasteiger charge is -2.15. The van der Waals surface area contributed by atoms with E-state index in [0.717, 1.165) is 5.56 Å². The molecule has 3 amide bonds. The van der Waals surface area contributed by atoms with Crippen LogP contribution in [0.4, 0.5) is 0 Å². The molecule has 0 saturated carbocycles. The van der Waals surface area contributed by atoms with Gasteiger partial charge in [0, 0.05) is 13.3 Å². The molecule has 0 aliphatic carbocycles. The van der Waals surface area contributed by atoms with Gasteiger partial charge in [-0.05, 0) is 5.56 Å². The minimum Gasteiger partial charge on any atom is -0.480 e. The summed E-state index contributed by atoms with van der Waals surface area (Å²) < 4.78 is 0. The molecule has 0 radical (unpaired) electrons. The van der Waals surface area contributed by atoms with Crippen LogP contribution in [0, 0.1) is 0 Å². The van der Waals surface area contributed by atoms with E-state index in [1.54, 1.807) is 24.3 Å². The van der Waals surface area contributed by atoms with Crippen molar-refractivity contribution in [3.05, 3.63) is 35.9 Å². The standard InChI is InChI=1S/C15H19N3O5/c1-10(19)16-8-13(20)17-9-14(21)18-12(15(22)23)7-11-5-3-2-4-6-11/h2-6,12H,7-9H2,1H3,(H,16,19)(H,17,20)(H,18,21)(H,22,23)/t12-/m1/s1. The number of carboxylic acid groups (broad SMARTS) is 1. The summed E-state index contributed by atoms with van der Waals surface area (Å²) in [6.45, 7) is 0.660. The number of benzene rings is 1. The predicted molar refractivity (Wildman–Crippen MR) is 81.4 cm³/mol. The summed E-state index contributed by atoms with van der Waals surface area (Å²) in [6.07, 6.45) is 0.141. The first kappa shape index (κ1) is 18.1. The molecule has 0 fully saturated rings. The lowest BCUT2D eigenvalue weighted by Crippen LogP contribution is -2.47. The highest BCUT2D eigenvalue weighted by Crippen LogP contribution is 2.03. The fraction of sp³-hybridized carbons (Fsp3) is 0.333. The maximum Gasteiger partial charge on any atom is 0.326 e. The summed E-state index contributed by atoms with van der Waals surface area (Å²) in [5, 5.41) is 16.1. The van der Waals surface area contributed by atoms with Crippen LogP contribution in [0.3, 0.4) is 0 Å². The van der Waals surface area contributed by atoms with Gasteiger partial charge in [0.15, 0.2) is 0 Å². The zero-order valence-corrected chi connectivity index (χ0v) is 12.7. The molecule has 1 aromatic carbocycles. The molecule has 0 spiro atoms. The van der Waals surface area contributed by atoms with Crippen LogP contribution in [0.2, 0.25) is 0 Å². The number of amides is 3. The molecular formula is C15H19N3O5. The molecule has 0 unspecified atom stereocenters. The first-order valence-electron chi connectivity index (χ1n) is 6.95. The summed E-state index contributed by atoms with van der Waals surface area (Å²) in [5.41, 5.74) is 0.773. The third-order valence-electron chi connectivity index (χ3n) is 2.86. The number of aliphatic carboxylic acids is 1. The number of carbonyl (C=O) groups is 4. The van der Waals surface area contributed by atoms with Crippen LogP contribution in [0.15, 0.2) is 30.3 Å². The normalized spacial score (nSPS) is 11.2. The summed E-state index contributed by atoms with van der Waals surface area (Å²) >= 11 is 0. The highest BCUT2D eigenvalue weighted by Gasteiger charge is 2.20. The van der Waals surface area contributed by atoms with Gasteiger partial charge < -0.3 is 21.1 Å². The van der Waals surface area contributed by atoms with Crippen LogP contribution in [-0.4, -0.2) is 47.9 Å². The Morgan fingerprint density at radius 1 is 1.00 bits per heavy atom. The second kappa shape index (κ2) is 9.19. The van der Waals surface area contributed by atoms with Crippen molar-refractivity contribution in [2.45, 2.75) is 19.4 Å². The Balaban J connectivity index is 2.44. The zero-order chi connectivity index (χ0) is 17.2. The number of hydrogen-bond acceptors (Lipinski definition) is 4. The van der Waals surface area contributed by atoms with Crippen molar-refractivity contribution in [2.75, 3.05) is 13.1 Å². The molecule has 23 heavy (non-hydrogen) atoms. The molecule has 0 saturated heterocycles. The van der Waals surface area contributed by atoms with E-state index in [4.69, 9.17) is 5.11 Å². The third-order valence-corrected chi connectivity index (χ3v) is 2.86. The van der Waals surface area contributed by atoms with Gasteiger partial charge in [-0.15, -0.1) is 0 Å². The van der Waals surface area contributed by atoms with Crippen molar-refractivity contribution < 1.29 is 24.3 Å². The molecule has 1 aromatic rings. The maximum absolute atomic E-state index is 11.7. The third kappa shape index (κ3) is 7.60. The number of carbonyl (C=O) groups excluding carboxylic acids is 3. The van der Waals surface area contributed by atoms with Gasteiger partial charge >= 0.3 is 5.97 Å². The summed E-state index contributed by atoms with van der Waals surface area (Å²) in [5.74, 6) is -2.68. The average molecular weight is 321 g/mol. The van der Waals surface area contributed by atoms with E-state index in [-0.39, 0.29) is 25.4 Å². The van der Waals surface area contributed by atoms with Crippen molar-refractivity contribution in [3.8, 4) is 0 Å². The summed E-state index contributed by atoms with van der Waals surface area (Å²) in [6, 6.07) is 7.80. The van der Waals surface area contributed by atoms with E-state index in [1.165, 1.54) is 6.92 Å². The number of carboxylic acids is 1. The number of nitrogens with one attached hydrogen (secondary N) is 3. The Hall–Kier alpha value is -2.90. The van der Waals surface area contributed by atoms with Crippen molar-refractivity contribution in [3.63, 3.8) is 0 Å². The Morgan fingerprint density at radius 2 is 1.61 bits per heavy atom. The van der Waals surface area contributed by atoms with Crippen LogP contribution in [0.1, 0.15) is 12.5 Å². The largest absolute Gasteiger partial charge is 0.480 e. The minimum absolute atomic E-state index is 0.141. The van der Waals surface area contributed by atoms with Crippen molar-refractivity contribution in [1.29, 1.82) is 0 Å². The molecule has 4 N–H and O–H groups in total. The van der Waals surface area contributed by atoms with Crippen LogP contribution in [0.5, 0.6) is 0 Å². The summed E-state index contributed by atoms with van der Waals surface area (Å²) in [7, 11) is 0. The SMILES string of the molecule is CC(=O)NCC(=O)NCC(=O)N[C@H](Cc1ccccc1)C(=O)O. The van der Waals surface area contributed by atoms with Crippen molar-refractivity contribution in [2.24, 2.45) is 0 Å².